The average Bonchev–Trinajstić information content (AvgIpc) is 2.96. The predicted octanol–water partition coefficient (Wildman–Crippen LogP) is 3.80. The third kappa shape index (κ3) is 3.98. The Morgan fingerprint density at radius 3 is 2.04 bits per heavy atom. The van der Waals surface area contributed by atoms with Crippen molar-refractivity contribution < 1.29 is 19.1 Å². The van der Waals surface area contributed by atoms with Gasteiger partial charge in [0, 0.05) is 6.42 Å². The summed E-state index contributed by atoms with van der Waals surface area (Å²) in [6.45, 7) is 4.05. The first kappa shape index (κ1) is 19.8. The van der Waals surface area contributed by atoms with Gasteiger partial charge < -0.3 is 4.74 Å². The van der Waals surface area contributed by atoms with Crippen LogP contribution in [0.3, 0.4) is 0 Å². The molecule has 3 rings (SSSR count). The Kier molecular flexibility index (Phi) is 6.24. The molecule has 2 aromatic carbocycles. The molecule has 2 aromatic rings. The van der Waals surface area contributed by atoms with Crippen molar-refractivity contribution in [2.45, 2.75) is 45.6 Å². The second-order valence-corrected chi connectivity index (χ2v) is 6.92. The highest BCUT2D eigenvalue weighted by atomic mass is 16.5. The highest BCUT2D eigenvalue weighted by molar-refractivity contribution is 6.22. The predicted molar refractivity (Wildman–Crippen MR) is 106 cm³/mol. The lowest BCUT2D eigenvalue weighted by Gasteiger charge is -2.24. The Hall–Kier alpha value is -2.95. The van der Waals surface area contributed by atoms with Crippen LogP contribution < -0.4 is 0 Å². The van der Waals surface area contributed by atoms with Crippen LogP contribution in [0.1, 0.15) is 58.5 Å². The van der Waals surface area contributed by atoms with Crippen molar-refractivity contribution >= 4 is 17.8 Å². The summed E-state index contributed by atoms with van der Waals surface area (Å²) in [6.07, 6.45) is 3.50. The summed E-state index contributed by atoms with van der Waals surface area (Å²) in [5.41, 5.74) is 2.78. The van der Waals surface area contributed by atoms with E-state index in [1.807, 2.05) is 24.3 Å². The lowest BCUT2D eigenvalue weighted by atomic mass is 10.0. The van der Waals surface area contributed by atoms with E-state index in [0.29, 0.717) is 11.1 Å². The van der Waals surface area contributed by atoms with Crippen LogP contribution in [0.25, 0.3) is 0 Å². The molecule has 5 heteroatoms. The van der Waals surface area contributed by atoms with Gasteiger partial charge in [0.1, 0.15) is 6.04 Å². The lowest BCUT2D eigenvalue weighted by molar-refractivity contribution is -0.147. The summed E-state index contributed by atoms with van der Waals surface area (Å²) in [5.74, 6) is -1.46. The molecular formula is C23H25NO4. The number of hydrogen-bond donors (Lipinski definition) is 0. The minimum Gasteiger partial charge on any atom is -0.464 e. The zero-order valence-corrected chi connectivity index (χ0v) is 16.3. The molecule has 0 bridgehead atoms. The molecule has 5 nitrogen and oxygen atoms in total. The molecular weight excluding hydrogens is 354 g/mol. The van der Waals surface area contributed by atoms with Crippen LogP contribution in [0.15, 0.2) is 48.5 Å². The van der Waals surface area contributed by atoms with E-state index in [9.17, 15) is 14.4 Å². The molecule has 0 radical (unpaired) electrons. The first-order valence-corrected chi connectivity index (χ1v) is 9.78. The van der Waals surface area contributed by atoms with E-state index in [2.05, 4.69) is 6.92 Å². The molecule has 0 fully saturated rings. The van der Waals surface area contributed by atoms with Crippen molar-refractivity contribution in [3.05, 3.63) is 70.8 Å². The van der Waals surface area contributed by atoms with Gasteiger partial charge in [-0.05, 0) is 43.0 Å². The zero-order valence-electron chi connectivity index (χ0n) is 16.3. The second-order valence-electron chi connectivity index (χ2n) is 6.92. The summed E-state index contributed by atoms with van der Waals surface area (Å²) in [6, 6.07) is 13.6. The van der Waals surface area contributed by atoms with Crippen LogP contribution in [-0.4, -0.2) is 35.3 Å². The number of unbranched alkanes of at least 4 members (excludes halogenated alkanes) is 1. The van der Waals surface area contributed by atoms with Crippen molar-refractivity contribution in [3.8, 4) is 0 Å². The van der Waals surface area contributed by atoms with Gasteiger partial charge in [-0.3, -0.25) is 14.5 Å². The number of benzene rings is 2. The Labute approximate surface area is 165 Å². The number of rotatable bonds is 8. The Balaban J connectivity index is 1.85. The molecule has 0 aliphatic carbocycles. The first-order chi connectivity index (χ1) is 13.6. The number of amides is 2. The van der Waals surface area contributed by atoms with E-state index in [4.69, 9.17) is 4.74 Å². The topological polar surface area (TPSA) is 63.7 Å². The van der Waals surface area contributed by atoms with Gasteiger partial charge >= 0.3 is 5.97 Å². The molecule has 1 unspecified atom stereocenters. The van der Waals surface area contributed by atoms with Crippen LogP contribution in [-0.2, 0) is 22.4 Å². The molecule has 2 amide bonds. The molecule has 1 aliphatic heterocycles. The van der Waals surface area contributed by atoms with E-state index in [0.717, 1.165) is 29.7 Å². The fourth-order valence-corrected chi connectivity index (χ4v) is 3.46. The fourth-order valence-electron chi connectivity index (χ4n) is 3.46. The highest BCUT2D eigenvalue weighted by Crippen LogP contribution is 2.26. The number of carbonyl (C=O) groups is 3. The summed E-state index contributed by atoms with van der Waals surface area (Å²) >= 11 is 0. The molecule has 0 spiro atoms. The van der Waals surface area contributed by atoms with E-state index in [1.54, 1.807) is 31.2 Å². The Morgan fingerprint density at radius 2 is 1.50 bits per heavy atom. The van der Waals surface area contributed by atoms with E-state index in [-0.39, 0.29) is 13.0 Å². The molecule has 28 heavy (non-hydrogen) atoms. The van der Waals surface area contributed by atoms with Gasteiger partial charge in [0.15, 0.2) is 0 Å². The van der Waals surface area contributed by atoms with Gasteiger partial charge in [-0.2, -0.15) is 0 Å². The SMILES string of the molecule is CCCCc1ccc(CC(C(=O)OCC)N2C(=O)c3ccccc3C2=O)cc1. The first-order valence-electron chi connectivity index (χ1n) is 9.78. The van der Waals surface area contributed by atoms with Crippen molar-refractivity contribution in [3.63, 3.8) is 0 Å². The number of esters is 1. The molecule has 1 aliphatic rings. The maximum Gasteiger partial charge on any atom is 0.329 e. The molecule has 0 aromatic heterocycles. The molecule has 146 valence electrons. The fraction of sp³-hybridized carbons (Fsp3) is 0.348. The lowest BCUT2D eigenvalue weighted by Crippen LogP contribution is -2.47. The summed E-state index contributed by atoms with van der Waals surface area (Å²) in [4.78, 5) is 39.3. The normalized spacial score (nSPS) is 14.1. The maximum atomic E-state index is 12.8. The van der Waals surface area contributed by atoms with Gasteiger partial charge in [0.05, 0.1) is 17.7 Å². The number of aryl methyl sites for hydroxylation is 1. The molecule has 0 saturated heterocycles. The molecule has 1 heterocycles. The Morgan fingerprint density at radius 1 is 0.929 bits per heavy atom. The smallest absolute Gasteiger partial charge is 0.329 e. The van der Waals surface area contributed by atoms with E-state index >= 15 is 0 Å². The van der Waals surface area contributed by atoms with Crippen LogP contribution in [0.2, 0.25) is 0 Å². The van der Waals surface area contributed by atoms with Gasteiger partial charge in [0.2, 0.25) is 0 Å². The molecule has 1 atom stereocenters. The minimum absolute atomic E-state index is 0.189. The van der Waals surface area contributed by atoms with Crippen molar-refractivity contribution in [2.75, 3.05) is 6.61 Å². The summed E-state index contributed by atoms with van der Waals surface area (Å²) < 4.78 is 5.18. The standard InChI is InChI=1S/C23H25NO4/c1-3-5-8-16-11-13-17(14-12-16)15-20(23(27)28-4-2)24-21(25)18-9-6-7-10-19(18)22(24)26/h6-7,9-14,20H,3-5,8,15H2,1-2H3. The largest absolute Gasteiger partial charge is 0.464 e. The quantitative estimate of drug-likeness (QED) is 0.517. The van der Waals surface area contributed by atoms with Crippen LogP contribution in [0, 0.1) is 0 Å². The van der Waals surface area contributed by atoms with Gasteiger partial charge in [-0.1, -0.05) is 49.7 Å². The summed E-state index contributed by atoms with van der Waals surface area (Å²) in [5, 5.41) is 0. The summed E-state index contributed by atoms with van der Waals surface area (Å²) in [7, 11) is 0. The van der Waals surface area contributed by atoms with Crippen LogP contribution in [0.4, 0.5) is 0 Å². The van der Waals surface area contributed by atoms with Gasteiger partial charge in [-0.25, -0.2) is 4.79 Å². The van der Waals surface area contributed by atoms with Gasteiger partial charge in [-0.15, -0.1) is 0 Å². The van der Waals surface area contributed by atoms with Crippen LogP contribution in [0.5, 0.6) is 0 Å². The maximum absolute atomic E-state index is 12.8. The highest BCUT2D eigenvalue weighted by Gasteiger charge is 2.43. The van der Waals surface area contributed by atoms with E-state index in [1.165, 1.54) is 5.56 Å². The number of imide groups is 1. The third-order valence-electron chi connectivity index (χ3n) is 4.97. The number of fused-ring (bicyclic) bond motifs is 1. The monoisotopic (exact) mass is 379 g/mol. The Bertz CT molecular complexity index is 837. The molecule has 0 saturated carbocycles. The average molecular weight is 379 g/mol. The molecule has 0 N–H and O–H groups in total. The number of nitrogens with zero attached hydrogens (tertiary/aromatic N) is 1. The van der Waals surface area contributed by atoms with Crippen molar-refractivity contribution in [1.29, 1.82) is 0 Å². The van der Waals surface area contributed by atoms with Crippen LogP contribution >= 0.6 is 0 Å². The second kappa shape index (κ2) is 8.83. The van der Waals surface area contributed by atoms with E-state index < -0.39 is 23.8 Å². The van der Waals surface area contributed by atoms with Gasteiger partial charge in [0.25, 0.3) is 11.8 Å². The number of ether oxygens (including phenoxy) is 1. The zero-order chi connectivity index (χ0) is 20.1. The number of carbonyl (C=O) groups excluding carboxylic acids is 3. The number of hydrogen-bond acceptors (Lipinski definition) is 4. The third-order valence-corrected chi connectivity index (χ3v) is 4.97. The van der Waals surface area contributed by atoms with Crippen molar-refractivity contribution in [1.82, 2.24) is 4.90 Å². The minimum atomic E-state index is -0.978. The van der Waals surface area contributed by atoms with Crippen molar-refractivity contribution in [2.24, 2.45) is 0 Å².